The summed E-state index contributed by atoms with van der Waals surface area (Å²) in [6, 6.07) is 11.1. The zero-order valence-corrected chi connectivity index (χ0v) is 16.6. The molecule has 28 heavy (non-hydrogen) atoms. The second-order valence-electron chi connectivity index (χ2n) is 7.86. The molecule has 2 saturated heterocycles. The molecule has 1 aromatic heterocycles. The number of aliphatic hydroxyl groups is 1. The Morgan fingerprint density at radius 3 is 2.79 bits per heavy atom. The predicted molar refractivity (Wildman–Crippen MR) is 111 cm³/mol. The molecule has 3 heterocycles. The molecule has 0 aliphatic carbocycles. The van der Waals surface area contributed by atoms with Crippen molar-refractivity contribution < 1.29 is 9.84 Å². The number of nitrogens with zero attached hydrogens (tertiary/aromatic N) is 4. The van der Waals surface area contributed by atoms with Crippen LogP contribution >= 0.6 is 0 Å². The Balaban J connectivity index is 1.40. The van der Waals surface area contributed by atoms with Gasteiger partial charge in [0.05, 0.1) is 18.4 Å². The molecule has 2 N–H and O–H groups in total. The van der Waals surface area contributed by atoms with Crippen LogP contribution in [0.15, 0.2) is 36.5 Å². The van der Waals surface area contributed by atoms with Crippen molar-refractivity contribution in [3.63, 3.8) is 0 Å². The summed E-state index contributed by atoms with van der Waals surface area (Å²) in [5.41, 5.74) is 3.17. The third-order valence-electron chi connectivity index (χ3n) is 5.61. The van der Waals surface area contributed by atoms with Crippen LogP contribution < -0.4 is 10.2 Å². The highest BCUT2D eigenvalue weighted by Crippen LogP contribution is 2.26. The molecule has 2 fully saturated rings. The number of fused-ring (bicyclic) bond motifs is 1. The molecule has 2 aromatic rings. The molecule has 150 valence electrons. The molecule has 0 spiro atoms. The minimum Gasteiger partial charge on any atom is -0.396 e. The highest BCUT2D eigenvalue weighted by atomic mass is 16.5. The molecule has 0 unspecified atom stereocenters. The van der Waals surface area contributed by atoms with E-state index in [1.54, 1.807) is 0 Å². The summed E-state index contributed by atoms with van der Waals surface area (Å²) < 4.78 is 5.87. The van der Waals surface area contributed by atoms with E-state index in [1.165, 1.54) is 5.69 Å². The van der Waals surface area contributed by atoms with Crippen LogP contribution in [-0.2, 0) is 4.74 Å². The van der Waals surface area contributed by atoms with Crippen molar-refractivity contribution in [1.82, 2.24) is 14.9 Å². The zero-order valence-electron chi connectivity index (χ0n) is 16.6. The second kappa shape index (κ2) is 8.43. The van der Waals surface area contributed by atoms with Crippen molar-refractivity contribution in [3.8, 4) is 11.3 Å². The average Bonchev–Trinajstić information content (AvgIpc) is 3.10. The van der Waals surface area contributed by atoms with Crippen LogP contribution in [0.25, 0.3) is 11.3 Å². The van der Waals surface area contributed by atoms with E-state index in [0.29, 0.717) is 24.5 Å². The first-order valence-corrected chi connectivity index (χ1v) is 9.96. The Morgan fingerprint density at radius 1 is 1.21 bits per heavy atom. The lowest BCUT2D eigenvalue weighted by Crippen LogP contribution is -2.46. The van der Waals surface area contributed by atoms with Crippen molar-refractivity contribution in [2.24, 2.45) is 0 Å². The Bertz CT molecular complexity index is 783. The SMILES string of the molecule is CN(C)c1ccc(-c2ccnc(N[C@@H]3C[C@H]4CO[C@@H](CCO)CN4C3)n2)cc1. The van der Waals surface area contributed by atoms with Crippen molar-refractivity contribution in [2.45, 2.75) is 31.0 Å². The van der Waals surface area contributed by atoms with Crippen molar-refractivity contribution in [2.75, 3.05) is 50.6 Å². The molecular formula is C21H29N5O2. The number of nitrogens with one attached hydrogen (secondary N) is 1. The number of rotatable bonds is 6. The summed E-state index contributed by atoms with van der Waals surface area (Å²) in [7, 11) is 4.07. The second-order valence-corrected chi connectivity index (χ2v) is 7.86. The number of morpholine rings is 1. The monoisotopic (exact) mass is 383 g/mol. The van der Waals surface area contributed by atoms with Gasteiger partial charge < -0.3 is 20.1 Å². The maximum Gasteiger partial charge on any atom is 0.223 e. The Kier molecular flexibility index (Phi) is 5.75. The van der Waals surface area contributed by atoms with Crippen LogP contribution in [-0.4, -0.2) is 78.6 Å². The lowest BCUT2D eigenvalue weighted by molar-refractivity contribution is -0.0566. The van der Waals surface area contributed by atoms with Crippen molar-refractivity contribution in [3.05, 3.63) is 36.5 Å². The average molecular weight is 383 g/mol. The van der Waals surface area contributed by atoms with E-state index in [9.17, 15) is 0 Å². The van der Waals surface area contributed by atoms with Crippen LogP contribution in [0, 0.1) is 0 Å². The Morgan fingerprint density at radius 2 is 2.04 bits per heavy atom. The van der Waals surface area contributed by atoms with Crippen LogP contribution in [0.2, 0.25) is 0 Å². The highest BCUT2D eigenvalue weighted by Gasteiger charge is 2.37. The standard InChI is InChI=1S/C21H29N5O2/c1-25(2)17-5-3-15(4-6-17)20-7-9-22-21(24-20)23-16-11-18-14-28-19(8-10-27)13-26(18)12-16/h3-7,9,16,18-19,27H,8,10-14H2,1-2H3,(H,22,23,24)/t16-,18+,19+/m1/s1. The van der Waals surface area contributed by atoms with E-state index in [1.807, 2.05) is 26.4 Å². The largest absolute Gasteiger partial charge is 0.396 e. The lowest BCUT2D eigenvalue weighted by atomic mass is 10.1. The Labute approximate surface area is 166 Å². The molecule has 2 aliphatic heterocycles. The number of aliphatic hydroxyl groups excluding tert-OH is 1. The normalized spacial score (nSPS) is 24.8. The first-order valence-electron chi connectivity index (χ1n) is 9.96. The molecule has 4 rings (SSSR count). The van der Waals surface area contributed by atoms with E-state index in [-0.39, 0.29) is 12.7 Å². The maximum atomic E-state index is 9.14. The first-order chi connectivity index (χ1) is 13.6. The topological polar surface area (TPSA) is 73.8 Å². The van der Waals surface area contributed by atoms with Crippen molar-refractivity contribution >= 4 is 11.6 Å². The third-order valence-corrected chi connectivity index (χ3v) is 5.61. The number of hydrogen-bond acceptors (Lipinski definition) is 7. The van der Waals surface area contributed by atoms with Gasteiger partial charge in [-0.1, -0.05) is 12.1 Å². The summed E-state index contributed by atoms with van der Waals surface area (Å²) in [5.74, 6) is 0.673. The fourth-order valence-electron chi connectivity index (χ4n) is 4.07. The zero-order chi connectivity index (χ0) is 19.5. The number of benzene rings is 1. The minimum absolute atomic E-state index is 0.143. The van der Waals surface area contributed by atoms with Gasteiger partial charge in [-0.15, -0.1) is 0 Å². The number of ether oxygens (including phenoxy) is 1. The third kappa shape index (κ3) is 4.27. The molecule has 0 saturated carbocycles. The summed E-state index contributed by atoms with van der Waals surface area (Å²) >= 11 is 0. The molecule has 1 aromatic carbocycles. The lowest BCUT2D eigenvalue weighted by Gasteiger charge is -2.34. The quantitative estimate of drug-likeness (QED) is 0.788. The fraction of sp³-hybridized carbons (Fsp3) is 0.524. The molecule has 2 aliphatic rings. The smallest absolute Gasteiger partial charge is 0.223 e. The van der Waals surface area contributed by atoms with Gasteiger partial charge >= 0.3 is 0 Å². The molecule has 0 bridgehead atoms. The van der Waals surface area contributed by atoms with Gasteiger partial charge in [0, 0.05) is 63.3 Å². The van der Waals surface area contributed by atoms with Gasteiger partial charge in [0.15, 0.2) is 0 Å². The fourth-order valence-corrected chi connectivity index (χ4v) is 4.07. The summed E-state index contributed by atoms with van der Waals surface area (Å²) in [4.78, 5) is 13.7. The molecule has 7 nitrogen and oxygen atoms in total. The van der Waals surface area contributed by atoms with Crippen LogP contribution in [0.5, 0.6) is 0 Å². The Hall–Kier alpha value is -2.22. The van der Waals surface area contributed by atoms with E-state index in [0.717, 1.165) is 37.4 Å². The van der Waals surface area contributed by atoms with Gasteiger partial charge in [-0.05, 0) is 31.0 Å². The number of anilines is 2. The van der Waals surface area contributed by atoms with Crippen molar-refractivity contribution in [1.29, 1.82) is 0 Å². The number of hydrogen-bond donors (Lipinski definition) is 2. The maximum absolute atomic E-state index is 9.14. The van der Waals surface area contributed by atoms with E-state index < -0.39 is 0 Å². The van der Waals surface area contributed by atoms with Gasteiger partial charge in [0.25, 0.3) is 0 Å². The van der Waals surface area contributed by atoms with Crippen LogP contribution in [0.1, 0.15) is 12.8 Å². The van der Waals surface area contributed by atoms with Crippen LogP contribution in [0.3, 0.4) is 0 Å². The number of aromatic nitrogens is 2. The molecule has 7 heteroatoms. The summed E-state index contributed by atoms with van der Waals surface area (Å²) in [6.45, 7) is 2.77. The molecular weight excluding hydrogens is 354 g/mol. The van der Waals surface area contributed by atoms with E-state index in [4.69, 9.17) is 14.8 Å². The molecule has 3 atom stereocenters. The molecule has 0 amide bonds. The van der Waals surface area contributed by atoms with Gasteiger partial charge in [0.1, 0.15) is 0 Å². The summed E-state index contributed by atoms with van der Waals surface area (Å²) in [5, 5.41) is 12.6. The van der Waals surface area contributed by atoms with Crippen LogP contribution in [0.4, 0.5) is 11.6 Å². The first kappa shape index (κ1) is 19.1. The highest BCUT2D eigenvalue weighted by molar-refractivity contribution is 5.63. The van der Waals surface area contributed by atoms with Gasteiger partial charge in [-0.25, -0.2) is 9.97 Å². The van der Waals surface area contributed by atoms with Gasteiger partial charge in [0.2, 0.25) is 5.95 Å². The van der Waals surface area contributed by atoms with E-state index in [2.05, 4.69) is 44.4 Å². The minimum atomic E-state index is 0.143. The molecule has 0 radical (unpaired) electrons. The van der Waals surface area contributed by atoms with Gasteiger partial charge in [-0.3, -0.25) is 4.90 Å². The predicted octanol–water partition coefficient (Wildman–Crippen LogP) is 1.85. The van der Waals surface area contributed by atoms with E-state index >= 15 is 0 Å². The van der Waals surface area contributed by atoms with Gasteiger partial charge in [-0.2, -0.15) is 0 Å². The summed E-state index contributed by atoms with van der Waals surface area (Å²) in [6.07, 6.45) is 3.69.